The van der Waals surface area contributed by atoms with Gasteiger partial charge in [0.25, 0.3) is 0 Å². The van der Waals surface area contributed by atoms with Crippen molar-refractivity contribution in [3.8, 4) is 22.6 Å². The molecular weight excluding hydrogens is 986 g/mol. The minimum Gasteiger partial charge on any atom is -0.748 e. The fourth-order valence-electron chi connectivity index (χ4n) is 7.31. The Kier molecular flexibility index (Phi) is 18.9. The van der Waals surface area contributed by atoms with E-state index >= 15 is 0 Å². The molecule has 5 nitrogen and oxygen atoms in total. The first-order valence-electron chi connectivity index (χ1n) is 20.0. The van der Waals surface area contributed by atoms with Crippen molar-refractivity contribution in [1.29, 1.82) is 0 Å². The van der Waals surface area contributed by atoms with Crippen LogP contribution in [0.15, 0.2) is 206 Å². The van der Waals surface area contributed by atoms with E-state index in [9.17, 15) is 0 Å². The zero-order valence-electron chi connectivity index (χ0n) is 35.4. The van der Waals surface area contributed by atoms with Crippen molar-refractivity contribution in [3.05, 3.63) is 223 Å². The van der Waals surface area contributed by atoms with Gasteiger partial charge in [-0.1, -0.05) is 214 Å². The Balaban J connectivity index is 0.000000290. The van der Waals surface area contributed by atoms with E-state index in [1.165, 1.54) is 43.0 Å². The van der Waals surface area contributed by atoms with Gasteiger partial charge in [0, 0.05) is 65.1 Å². The second kappa shape index (κ2) is 24.1. The summed E-state index contributed by atoms with van der Waals surface area (Å²) in [6.45, 7) is 4.70. The summed E-state index contributed by atoms with van der Waals surface area (Å²) in [5.74, 6) is 2.02. The molecule has 0 aliphatic carbocycles. The van der Waals surface area contributed by atoms with Crippen LogP contribution in [0.25, 0.3) is 11.1 Å². The molecule has 8 aromatic rings. The number of rotatable bonds is 7. The SMILES string of the molecule is CC1(C)c2cccc(P(c3ccccc3)c3ccccc3)c2Oc2c(P(c3ccccc3)c3ccccc3)cccc21.CS(=O)(=O)[O-].ClCCl.Nc1ccccc1-c1[c]cccc1.[Pd]. The molecule has 0 saturated carbocycles. The molecule has 0 unspecified atom stereocenters. The third-order valence-electron chi connectivity index (χ3n) is 10.0. The van der Waals surface area contributed by atoms with Gasteiger partial charge < -0.3 is 15.0 Å². The number of ether oxygens (including phenoxy) is 1. The van der Waals surface area contributed by atoms with E-state index in [0.717, 1.165) is 28.3 Å². The Morgan fingerprint density at radius 3 is 1.25 bits per heavy atom. The predicted molar refractivity (Wildman–Crippen MR) is 270 cm³/mol. The van der Waals surface area contributed by atoms with Crippen LogP contribution < -0.4 is 42.3 Å². The van der Waals surface area contributed by atoms with Crippen LogP contribution in [0.2, 0.25) is 0 Å². The van der Waals surface area contributed by atoms with Crippen molar-refractivity contribution in [2.24, 2.45) is 0 Å². The number of hydrogen-bond donors (Lipinski definition) is 1. The van der Waals surface area contributed by atoms with E-state index in [0.29, 0.717) is 6.26 Å². The number of nitrogen functional groups attached to an aromatic ring is 1. The van der Waals surface area contributed by atoms with Crippen LogP contribution in [0.5, 0.6) is 11.5 Å². The standard InChI is InChI=1S/C39H32OP2.C12H10N.CH2Cl2.CH4O3S.Pd/c1-39(2)33-25-15-27-35(41(29-17-7-3-8-18-29)30-19-9-4-10-20-30)37(33)40-38-34(39)26-16-28-36(38)42(31-21-11-5-12-22-31)32-23-13-6-14-24-32;13-12-9-5-4-8-11(12)10-6-2-1-3-7-10;2-1-3;1-5(2,3)4;/h3-28H,1-2H3;1-6,8-9H,13H2;1H2;1H3,(H,2,3,4);/p-1. The smallest absolute Gasteiger partial charge is 0.139 e. The van der Waals surface area contributed by atoms with Crippen LogP contribution in [0.4, 0.5) is 5.69 Å². The molecule has 0 saturated heterocycles. The first-order chi connectivity index (χ1) is 30.4. The summed E-state index contributed by atoms with van der Waals surface area (Å²) in [6, 6.07) is 75.9. The molecule has 0 atom stereocenters. The van der Waals surface area contributed by atoms with Gasteiger partial charge in [0.2, 0.25) is 0 Å². The molecule has 11 heteroatoms. The van der Waals surface area contributed by atoms with Crippen LogP contribution in [0.3, 0.4) is 0 Å². The molecule has 0 spiro atoms. The zero-order chi connectivity index (χ0) is 44.8. The van der Waals surface area contributed by atoms with E-state index in [1.807, 2.05) is 48.5 Å². The van der Waals surface area contributed by atoms with E-state index in [-0.39, 0.29) is 31.2 Å². The van der Waals surface area contributed by atoms with E-state index < -0.39 is 26.0 Å². The minimum atomic E-state index is -3.92. The van der Waals surface area contributed by atoms with Crippen LogP contribution in [0, 0.1) is 6.07 Å². The normalized spacial score (nSPS) is 11.9. The molecule has 0 amide bonds. The van der Waals surface area contributed by atoms with Crippen LogP contribution >= 0.6 is 39.0 Å². The quantitative estimate of drug-likeness (QED) is 0.0564. The second-order valence-corrected chi connectivity index (χ2v) is 21.3. The molecule has 1 aliphatic heterocycles. The molecule has 8 aromatic carbocycles. The monoisotopic (exact) mass is 1030 g/mol. The Labute approximate surface area is 404 Å². The molecule has 64 heavy (non-hydrogen) atoms. The summed E-state index contributed by atoms with van der Waals surface area (Å²) < 4.78 is 34.5. The van der Waals surface area contributed by atoms with Crippen LogP contribution in [0.1, 0.15) is 25.0 Å². The number of benzene rings is 8. The number of hydrogen-bond acceptors (Lipinski definition) is 5. The van der Waals surface area contributed by atoms with Crippen molar-refractivity contribution in [1.82, 2.24) is 0 Å². The van der Waals surface area contributed by atoms with Gasteiger partial charge in [-0.25, -0.2) is 8.42 Å². The van der Waals surface area contributed by atoms with Gasteiger partial charge >= 0.3 is 0 Å². The van der Waals surface area contributed by atoms with Crippen LogP contribution in [-0.4, -0.2) is 24.6 Å². The summed E-state index contributed by atoms with van der Waals surface area (Å²) in [5.41, 5.74) is 11.0. The van der Waals surface area contributed by atoms with Gasteiger partial charge in [-0.05, 0) is 54.8 Å². The molecule has 9 rings (SSSR count). The maximum atomic E-state index is 9.08. The first kappa shape index (κ1) is 50.4. The van der Waals surface area contributed by atoms with Crippen molar-refractivity contribution in [2.75, 3.05) is 17.3 Å². The maximum absolute atomic E-state index is 9.08. The number of alkyl halides is 2. The molecular formula is C53H47Cl2NO4P2PdS-. The topological polar surface area (TPSA) is 92.5 Å². The van der Waals surface area contributed by atoms with Crippen molar-refractivity contribution in [3.63, 3.8) is 0 Å². The zero-order valence-corrected chi connectivity index (χ0v) is 41.1. The van der Waals surface area contributed by atoms with Crippen molar-refractivity contribution in [2.45, 2.75) is 19.3 Å². The number of halogens is 2. The van der Waals surface area contributed by atoms with E-state index in [4.69, 9.17) is 46.6 Å². The third kappa shape index (κ3) is 13.0. The summed E-state index contributed by atoms with van der Waals surface area (Å²) >= 11 is 9.53. The van der Waals surface area contributed by atoms with Crippen LogP contribution in [-0.2, 0) is 36.0 Å². The predicted octanol–water partition coefficient (Wildman–Crippen LogP) is 11.0. The first-order valence-corrected chi connectivity index (χ1v) is 25.6. The Morgan fingerprint density at radius 1 is 0.562 bits per heavy atom. The molecule has 1 aliphatic rings. The van der Waals surface area contributed by atoms with Gasteiger partial charge in [-0.15, -0.1) is 23.2 Å². The largest absolute Gasteiger partial charge is 0.748 e. The summed E-state index contributed by atoms with van der Waals surface area (Å²) in [7, 11) is -5.56. The number of nitrogens with two attached hydrogens (primary N) is 1. The molecule has 2 N–H and O–H groups in total. The van der Waals surface area contributed by atoms with Crippen molar-refractivity contribution < 1.29 is 38.1 Å². The average Bonchev–Trinajstić information content (AvgIpc) is 3.29. The number of anilines is 1. The second-order valence-electron chi connectivity index (χ2n) is 14.7. The van der Waals surface area contributed by atoms with Gasteiger partial charge in [0.05, 0.1) is 15.5 Å². The Bertz CT molecular complexity index is 2570. The number of para-hydroxylation sites is 3. The van der Waals surface area contributed by atoms with Gasteiger partial charge in [0.15, 0.2) is 0 Å². The number of fused-ring (bicyclic) bond motifs is 2. The van der Waals surface area contributed by atoms with E-state index in [1.54, 1.807) is 0 Å². The Hall–Kier alpha value is -4.63. The molecule has 1 radical (unpaired) electrons. The molecule has 0 fully saturated rings. The molecule has 329 valence electrons. The van der Waals surface area contributed by atoms with Gasteiger partial charge in [-0.2, -0.15) is 0 Å². The van der Waals surface area contributed by atoms with E-state index in [2.05, 4.69) is 178 Å². The van der Waals surface area contributed by atoms with Gasteiger partial charge in [0.1, 0.15) is 11.5 Å². The molecule has 1 heterocycles. The fraction of sp³-hybridized carbons (Fsp3) is 0.0943. The van der Waals surface area contributed by atoms with Crippen molar-refractivity contribution >= 4 is 86.7 Å². The Morgan fingerprint density at radius 2 is 0.906 bits per heavy atom. The van der Waals surface area contributed by atoms with Gasteiger partial charge in [-0.3, -0.25) is 0 Å². The third-order valence-corrected chi connectivity index (χ3v) is 15.0. The summed E-state index contributed by atoms with van der Waals surface area (Å²) in [5, 5.41) is 8.01. The fourth-order valence-corrected chi connectivity index (χ4v) is 12.1. The summed E-state index contributed by atoms with van der Waals surface area (Å²) in [6.07, 6.45) is 0.604. The minimum absolute atomic E-state index is 0. The maximum Gasteiger partial charge on any atom is 0.139 e. The molecule has 0 bridgehead atoms. The average molecular weight is 1030 g/mol. The summed E-state index contributed by atoms with van der Waals surface area (Å²) in [4.78, 5) is 0. The molecule has 0 aromatic heterocycles.